The van der Waals surface area contributed by atoms with Gasteiger partial charge in [-0.15, -0.1) is 0 Å². The number of aryl methyl sites for hydroxylation is 1. The Morgan fingerprint density at radius 1 is 1.31 bits per heavy atom. The van der Waals surface area contributed by atoms with E-state index in [1.165, 1.54) is 18.2 Å². The molecule has 0 heterocycles. The average Bonchev–Trinajstić information content (AvgIpc) is 2.25. The van der Waals surface area contributed by atoms with Gasteiger partial charge in [0.1, 0.15) is 0 Å². The topological polar surface area (TPSA) is 55.1 Å². The molecule has 0 saturated carbocycles. The molecule has 0 atom stereocenters. The van der Waals surface area contributed by atoms with Crippen LogP contribution >= 0.6 is 0 Å². The van der Waals surface area contributed by atoms with Gasteiger partial charge >= 0.3 is 6.18 Å². The van der Waals surface area contributed by atoms with Gasteiger partial charge in [-0.1, -0.05) is 18.2 Å². The van der Waals surface area contributed by atoms with Crippen LogP contribution in [0.25, 0.3) is 0 Å². The second-order valence-corrected chi connectivity index (χ2v) is 3.22. The summed E-state index contributed by atoms with van der Waals surface area (Å²) in [6.07, 6.45) is -4.45. The van der Waals surface area contributed by atoms with Gasteiger partial charge < -0.3 is 0 Å². The number of hydrogen-bond acceptors (Lipinski definition) is 2. The highest BCUT2D eigenvalue weighted by molar-refractivity contribution is 5.75. The predicted octanol–water partition coefficient (Wildman–Crippen LogP) is 1.63. The first-order valence-electron chi connectivity index (χ1n) is 4.59. The Hall–Kier alpha value is -1.56. The van der Waals surface area contributed by atoms with Crippen LogP contribution in [0, 0.1) is 0 Å². The smallest absolute Gasteiger partial charge is 0.294 e. The predicted molar refractivity (Wildman–Crippen MR) is 52.1 cm³/mol. The van der Waals surface area contributed by atoms with Crippen LogP contribution in [0.2, 0.25) is 0 Å². The van der Waals surface area contributed by atoms with E-state index in [2.05, 4.69) is 0 Å². The fraction of sp³-hybridized carbons (Fsp3) is 0.300. The van der Waals surface area contributed by atoms with Gasteiger partial charge in [0, 0.05) is 6.42 Å². The molecule has 3 N–H and O–H groups in total. The van der Waals surface area contributed by atoms with Gasteiger partial charge in [0.15, 0.2) is 0 Å². The molecule has 0 aliphatic rings. The van der Waals surface area contributed by atoms with Crippen molar-refractivity contribution >= 4 is 5.91 Å². The molecule has 6 heteroatoms. The summed E-state index contributed by atoms with van der Waals surface area (Å²) >= 11 is 0. The quantitative estimate of drug-likeness (QED) is 0.472. The zero-order valence-electron chi connectivity index (χ0n) is 8.34. The zero-order chi connectivity index (χ0) is 12.2. The Morgan fingerprint density at radius 3 is 2.50 bits per heavy atom. The molecule has 0 bridgehead atoms. The van der Waals surface area contributed by atoms with Crippen LogP contribution in [-0.4, -0.2) is 5.91 Å². The van der Waals surface area contributed by atoms with Crippen molar-refractivity contribution in [3.8, 4) is 0 Å². The number of amides is 1. The number of nitrogens with two attached hydrogens (primary N) is 1. The van der Waals surface area contributed by atoms with E-state index in [4.69, 9.17) is 5.84 Å². The SMILES string of the molecule is NNC(=O)CCc1ccccc1C(F)(F)F. The first-order chi connectivity index (χ1) is 7.45. The Morgan fingerprint density at radius 2 is 1.94 bits per heavy atom. The maximum absolute atomic E-state index is 12.5. The third-order valence-electron chi connectivity index (χ3n) is 2.11. The number of rotatable bonds is 3. The van der Waals surface area contributed by atoms with E-state index >= 15 is 0 Å². The van der Waals surface area contributed by atoms with Gasteiger partial charge in [-0.2, -0.15) is 13.2 Å². The molecule has 1 aromatic rings. The molecule has 0 spiro atoms. The highest BCUT2D eigenvalue weighted by Crippen LogP contribution is 2.32. The summed E-state index contributed by atoms with van der Waals surface area (Å²) in [7, 11) is 0. The van der Waals surface area contributed by atoms with Crippen molar-refractivity contribution < 1.29 is 18.0 Å². The summed E-state index contributed by atoms with van der Waals surface area (Å²) in [5, 5.41) is 0. The van der Waals surface area contributed by atoms with E-state index in [1.807, 2.05) is 5.43 Å². The minimum atomic E-state index is -4.39. The molecule has 3 nitrogen and oxygen atoms in total. The maximum atomic E-state index is 12.5. The highest BCUT2D eigenvalue weighted by atomic mass is 19.4. The molecule has 0 aliphatic heterocycles. The zero-order valence-corrected chi connectivity index (χ0v) is 8.34. The van der Waals surface area contributed by atoms with Gasteiger partial charge in [-0.3, -0.25) is 10.2 Å². The molecule has 0 aliphatic carbocycles. The number of carbonyl (C=O) groups is 1. The van der Waals surface area contributed by atoms with E-state index in [1.54, 1.807) is 0 Å². The summed E-state index contributed by atoms with van der Waals surface area (Å²) in [6.45, 7) is 0. The number of hydrazine groups is 1. The van der Waals surface area contributed by atoms with Crippen LogP contribution in [0.1, 0.15) is 17.5 Å². The van der Waals surface area contributed by atoms with Crippen LogP contribution in [0.5, 0.6) is 0 Å². The number of halogens is 3. The van der Waals surface area contributed by atoms with Crippen molar-refractivity contribution in [3.63, 3.8) is 0 Å². The van der Waals surface area contributed by atoms with Crippen molar-refractivity contribution in [3.05, 3.63) is 35.4 Å². The highest BCUT2D eigenvalue weighted by Gasteiger charge is 2.32. The molecule has 1 aromatic carbocycles. The molecular weight excluding hydrogens is 221 g/mol. The molecule has 0 unspecified atom stereocenters. The minimum Gasteiger partial charge on any atom is -0.294 e. The average molecular weight is 232 g/mol. The monoisotopic (exact) mass is 232 g/mol. The lowest BCUT2D eigenvalue weighted by Gasteiger charge is -2.11. The number of benzene rings is 1. The summed E-state index contributed by atoms with van der Waals surface area (Å²) in [5.74, 6) is 4.35. The van der Waals surface area contributed by atoms with Gasteiger partial charge in [-0.25, -0.2) is 5.84 Å². The van der Waals surface area contributed by atoms with Gasteiger partial charge in [0.2, 0.25) is 5.91 Å². The minimum absolute atomic E-state index is 0.0126. The van der Waals surface area contributed by atoms with Crippen molar-refractivity contribution in [2.24, 2.45) is 5.84 Å². The summed E-state index contributed by atoms with van der Waals surface area (Å²) in [6, 6.07) is 5.17. The lowest BCUT2D eigenvalue weighted by atomic mass is 10.0. The molecular formula is C10H11F3N2O. The van der Waals surface area contributed by atoms with Crippen LogP contribution in [0.3, 0.4) is 0 Å². The van der Waals surface area contributed by atoms with E-state index < -0.39 is 17.6 Å². The third-order valence-corrected chi connectivity index (χ3v) is 2.11. The lowest BCUT2D eigenvalue weighted by Crippen LogP contribution is -2.30. The molecule has 1 rings (SSSR count). The van der Waals surface area contributed by atoms with E-state index in [0.717, 1.165) is 6.07 Å². The molecule has 16 heavy (non-hydrogen) atoms. The molecule has 0 radical (unpaired) electrons. The first kappa shape index (κ1) is 12.5. The van der Waals surface area contributed by atoms with E-state index in [9.17, 15) is 18.0 Å². The van der Waals surface area contributed by atoms with Gasteiger partial charge in [-0.05, 0) is 18.1 Å². The number of carbonyl (C=O) groups excluding carboxylic acids is 1. The van der Waals surface area contributed by atoms with Gasteiger partial charge in [0.05, 0.1) is 5.56 Å². The maximum Gasteiger partial charge on any atom is 0.416 e. The number of nitrogens with one attached hydrogen (secondary N) is 1. The number of hydrogen-bond donors (Lipinski definition) is 2. The standard InChI is InChI=1S/C10H11F3N2O/c11-10(12,13)8-4-2-1-3-7(8)5-6-9(16)15-14/h1-4H,5-6,14H2,(H,15,16). The van der Waals surface area contributed by atoms with Crippen molar-refractivity contribution in [2.45, 2.75) is 19.0 Å². The van der Waals surface area contributed by atoms with E-state index in [0.29, 0.717) is 0 Å². The van der Waals surface area contributed by atoms with Crippen LogP contribution in [-0.2, 0) is 17.4 Å². The molecule has 88 valence electrons. The molecule has 0 fully saturated rings. The molecule has 0 saturated heterocycles. The summed E-state index contributed by atoms with van der Waals surface area (Å²) in [5.41, 5.74) is 1.26. The third kappa shape index (κ3) is 3.23. The second-order valence-electron chi connectivity index (χ2n) is 3.22. The van der Waals surface area contributed by atoms with Crippen LogP contribution in [0.15, 0.2) is 24.3 Å². The normalized spacial score (nSPS) is 11.2. The summed E-state index contributed by atoms with van der Waals surface area (Å²) < 4.78 is 37.6. The second kappa shape index (κ2) is 4.98. The fourth-order valence-electron chi connectivity index (χ4n) is 1.34. The van der Waals surface area contributed by atoms with Crippen LogP contribution < -0.4 is 11.3 Å². The fourth-order valence-corrected chi connectivity index (χ4v) is 1.34. The van der Waals surface area contributed by atoms with E-state index in [-0.39, 0.29) is 18.4 Å². The van der Waals surface area contributed by atoms with Crippen molar-refractivity contribution in [1.82, 2.24) is 5.43 Å². The van der Waals surface area contributed by atoms with Crippen LogP contribution in [0.4, 0.5) is 13.2 Å². The van der Waals surface area contributed by atoms with Gasteiger partial charge in [0.25, 0.3) is 0 Å². The van der Waals surface area contributed by atoms with Crippen molar-refractivity contribution in [2.75, 3.05) is 0 Å². The van der Waals surface area contributed by atoms with Crippen molar-refractivity contribution in [1.29, 1.82) is 0 Å². The molecule has 1 amide bonds. The Bertz CT molecular complexity index is 377. The Labute approximate surface area is 90.4 Å². The lowest BCUT2D eigenvalue weighted by molar-refractivity contribution is -0.138. The largest absolute Gasteiger partial charge is 0.416 e. The number of alkyl halides is 3. The Balaban J connectivity index is 2.84. The summed E-state index contributed by atoms with van der Waals surface area (Å²) in [4.78, 5) is 10.8. The Kier molecular flexibility index (Phi) is 3.89. The first-order valence-corrected chi connectivity index (χ1v) is 4.59. The molecule has 0 aromatic heterocycles.